The van der Waals surface area contributed by atoms with Crippen LogP contribution in [0.5, 0.6) is 0 Å². The number of halogens is 1. The van der Waals surface area contributed by atoms with E-state index in [1.54, 1.807) is 0 Å². The number of amides is 1. The summed E-state index contributed by atoms with van der Waals surface area (Å²) < 4.78 is 5.58. The number of aryl methyl sites for hydroxylation is 2. The Morgan fingerprint density at radius 1 is 1.36 bits per heavy atom. The number of nitrogens with one attached hydrogen (secondary N) is 1. The largest absolute Gasteiger partial charge is 0.481 e. The number of aliphatic carboxylic acids is 1. The Bertz CT molecular complexity index is 638. The van der Waals surface area contributed by atoms with Crippen molar-refractivity contribution in [3.8, 4) is 0 Å². The molecule has 1 aliphatic heterocycles. The van der Waals surface area contributed by atoms with Crippen LogP contribution in [0, 0.1) is 13.8 Å². The van der Waals surface area contributed by atoms with Gasteiger partial charge in [-0.2, -0.15) is 0 Å². The SMILES string of the molecule is Cc1cc(Cl)cc(C)c1CC(=O)NC1(CCC(=O)O)CCOC(C)C1. The van der Waals surface area contributed by atoms with E-state index in [9.17, 15) is 9.59 Å². The molecule has 0 aliphatic carbocycles. The van der Waals surface area contributed by atoms with Gasteiger partial charge in [0.1, 0.15) is 0 Å². The van der Waals surface area contributed by atoms with Gasteiger partial charge in [0.05, 0.1) is 12.5 Å². The van der Waals surface area contributed by atoms with E-state index in [1.165, 1.54) is 0 Å². The van der Waals surface area contributed by atoms with Crippen LogP contribution in [-0.2, 0) is 20.7 Å². The molecule has 1 aromatic carbocycles. The second-order valence-corrected chi connectivity index (χ2v) is 7.49. The van der Waals surface area contributed by atoms with E-state index < -0.39 is 11.5 Å². The minimum absolute atomic E-state index is 0.00171. The molecular formula is C19H26ClNO4. The van der Waals surface area contributed by atoms with E-state index >= 15 is 0 Å². The number of carboxylic acid groups (broad SMARTS) is 1. The van der Waals surface area contributed by atoms with Crippen molar-refractivity contribution in [3.63, 3.8) is 0 Å². The summed E-state index contributed by atoms with van der Waals surface area (Å²) in [6.07, 6.45) is 1.98. The van der Waals surface area contributed by atoms with Crippen molar-refractivity contribution >= 4 is 23.5 Å². The van der Waals surface area contributed by atoms with Crippen LogP contribution >= 0.6 is 11.6 Å². The monoisotopic (exact) mass is 367 g/mol. The summed E-state index contributed by atoms with van der Waals surface area (Å²) in [6, 6.07) is 3.71. The summed E-state index contributed by atoms with van der Waals surface area (Å²) in [4.78, 5) is 23.7. The summed E-state index contributed by atoms with van der Waals surface area (Å²) in [6.45, 7) is 6.37. The Balaban J connectivity index is 2.13. The highest BCUT2D eigenvalue weighted by molar-refractivity contribution is 6.30. The van der Waals surface area contributed by atoms with E-state index in [1.807, 2.05) is 32.9 Å². The van der Waals surface area contributed by atoms with Crippen molar-refractivity contribution in [2.75, 3.05) is 6.61 Å². The summed E-state index contributed by atoms with van der Waals surface area (Å²) in [5.74, 6) is -0.940. The fourth-order valence-electron chi connectivity index (χ4n) is 3.64. The Morgan fingerprint density at radius 3 is 2.56 bits per heavy atom. The number of carboxylic acids is 1. The van der Waals surface area contributed by atoms with Crippen LogP contribution < -0.4 is 5.32 Å². The van der Waals surface area contributed by atoms with Crippen LogP contribution in [0.4, 0.5) is 0 Å². The Labute approximate surface area is 153 Å². The molecule has 0 spiro atoms. The second-order valence-electron chi connectivity index (χ2n) is 7.05. The first-order chi connectivity index (χ1) is 11.7. The average molecular weight is 368 g/mol. The lowest BCUT2D eigenvalue weighted by Crippen LogP contribution is -2.54. The Kier molecular flexibility index (Phi) is 6.47. The fraction of sp³-hybridized carbons (Fsp3) is 0.579. The van der Waals surface area contributed by atoms with E-state index in [0.29, 0.717) is 30.9 Å². The molecule has 1 amide bonds. The third kappa shape index (κ3) is 5.44. The van der Waals surface area contributed by atoms with Gasteiger partial charge in [0.15, 0.2) is 0 Å². The van der Waals surface area contributed by atoms with Gasteiger partial charge in [0, 0.05) is 23.6 Å². The second kappa shape index (κ2) is 8.19. The molecule has 138 valence electrons. The third-order valence-electron chi connectivity index (χ3n) is 4.88. The quantitative estimate of drug-likeness (QED) is 0.807. The number of carbonyl (C=O) groups excluding carboxylic acids is 1. The highest BCUT2D eigenvalue weighted by Crippen LogP contribution is 2.30. The zero-order valence-electron chi connectivity index (χ0n) is 15.0. The molecule has 2 rings (SSSR count). The van der Waals surface area contributed by atoms with E-state index in [0.717, 1.165) is 16.7 Å². The predicted octanol–water partition coefficient (Wildman–Crippen LogP) is 3.42. The van der Waals surface area contributed by atoms with Gasteiger partial charge in [0.2, 0.25) is 5.91 Å². The molecule has 2 unspecified atom stereocenters. The first kappa shape index (κ1) is 19.7. The average Bonchev–Trinajstić information content (AvgIpc) is 2.49. The zero-order valence-corrected chi connectivity index (χ0v) is 15.8. The number of ether oxygens (including phenoxy) is 1. The molecule has 1 heterocycles. The van der Waals surface area contributed by atoms with Gasteiger partial charge in [-0.05, 0) is 68.9 Å². The van der Waals surface area contributed by atoms with Crippen molar-refractivity contribution in [1.29, 1.82) is 0 Å². The molecule has 5 nitrogen and oxygen atoms in total. The topological polar surface area (TPSA) is 75.6 Å². The normalized spacial score (nSPS) is 23.3. The van der Waals surface area contributed by atoms with Gasteiger partial charge < -0.3 is 15.2 Å². The zero-order chi connectivity index (χ0) is 18.6. The van der Waals surface area contributed by atoms with Gasteiger partial charge in [-0.1, -0.05) is 11.6 Å². The van der Waals surface area contributed by atoms with Crippen LogP contribution in [0.15, 0.2) is 12.1 Å². The van der Waals surface area contributed by atoms with Gasteiger partial charge in [0.25, 0.3) is 0 Å². The van der Waals surface area contributed by atoms with Crippen molar-refractivity contribution in [1.82, 2.24) is 5.32 Å². The van der Waals surface area contributed by atoms with Gasteiger partial charge >= 0.3 is 5.97 Å². The lowest BCUT2D eigenvalue weighted by molar-refractivity contribution is -0.138. The van der Waals surface area contributed by atoms with Crippen molar-refractivity contribution in [2.45, 2.75) is 64.5 Å². The van der Waals surface area contributed by atoms with Gasteiger partial charge in [-0.25, -0.2) is 0 Å². The number of hydrogen-bond acceptors (Lipinski definition) is 3. The maximum absolute atomic E-state index is 12.7. The number of benzene rings is 1. The minimum atomic E-state index is -0.850. The van der Waals surface area contributed by atoms with E-state index in [2.05, 4.69) is 5.32 Å². The molecule has 1 saturated heterocycles. The molecule has 1 fully saturated rings. The molecule has 0 bridgehead atoms. The van der Waals surface area contributed by atoms with Crippen LogP contribution in [0.25, 0.3) is 0 Å². The standard InChI is InChI=1S/C19H26ClNO4/c1-12-8-15(20)9-13(2)16(12)10-17(22)21-19(5-4-18(23)24)6-7-25-14(3)11-19/h8-9,14H,4-7,10-11H2,1-3H3,(H,21,22)(H,23,24). The van der Waals surface area contributed by atoms with Crippen LogP contribution in [0.1, 0.15) is 49.3 Å². The maximum atomic E-state index is 12.7. The number of rotatable bonds is 6. The van der Waals surface area contributed by atoms with Gasteiger partial charge in [-0.15, -0.1) is 0 Å². The molecular weight excluding hydrogens is 342 g/mol. The summed E-state index contributed by atoms with van der Waals surface area (Å²) in [5.41, 5.74) is 2.43. The molecule has 2 N–H and O–H groups in total. The van der Waals surface area contributed by atoms with Crippen LogP contribution in [0.2, 0.25) is 5.02 Å². The first-order valence-corrected chi connectivity index (χ1v) is 8.98. The highest BCUT2D eigenvalue weighted by atomic mass is 35.5. The molecule has 0 saturated carbocycles. The highest BCUT2D eigenvalue weighted by Gasteiger charge is 2.37. The van der Waals surface area contributed by atoms with Crippen LogP contribution in [-0.4, -0.2) is 35.2 Å². The van der Waals surface area contributed by atoms with E-state index in [-0.39, 0.29) is 24.9 Å². The van der Waals surface area contributed by atoms with Crippen LogP contribution in [0.3, 0.4) is 0 Å². The summed E-state index contributed by atoms with van der Waals surface area (Å²) in [5, 5.41) is 12.8. The first-order valence-electron chi connectivity index (χ1n) is 8.61. The minimum Gasteiger partial charge on any atom is -0.481 e. The van der Waals surface area contributed by atoms with E-state index in [4.69, 9.17) is 21.4 Å². The molecule has 1 aromatic rings. The predicted molar refractivity (Wildman–Crippen MR) is 97.0 cm³/mol. The number of hydrogen-bond donors (Lipinski definition) is 2. The third-order valence-corrected chi connectivity index (χ3v) is 5.10. The summed E-state index contributed by atoms with van der Waals surface area (Å²) in [7, 11) is 0. The lowest BCUT2D eigenvalue weighted by Gasteiger charge is -2.40. The molecule has 0 aromatic heterocycles. The lowest BCUT2D eigenvalue weighted by atomic mass is 9.82. The maximum Gasteiger partial charge on any atom is 0.303 e. The fourth-order valence-corrected chi connectivity index (χ4v) is 3.96. The molecule has 6 heteroatoms. The van der Waals surface area contributed by atoms with Crippen molar-refractivity contribution < 1.29 is 19.4 Å². The molecule has 2 atom stereocenters. The smallest absolute Gasteiger partial charge is 0.303 e. The van der Waals surface area contributed by atoms with Crippen molar-refractivity contribution in [3.05, 3.63) is 33.8 Å². The van der Waals surface area contributed by atoms with Gasteiger partial charge in [-0.3, -0.25) is 9.59 Å². The molecule has 1 aliphatic rings. The number of carbonyl (C=O) groups is 2. The summed E-state index contributed by atoms with van der Waals surface area (Å²) >= 11 is 6.05. The molecule has 0 radical (unpaired) electrons. The Hall–Kier alpha value is -1.59. The van der Waals surface area contributed by atoms with Crippen molar-refractivity contribution in [2.24, 2.45) is 0 Å². The molecule has 25 heavy (non-hydrogen) atoms. The Morgan fingerprint density at radius 2 is 2.00 bits per heavy atom.